The van der Waals surface area contributed by atoms with Crippen LogP contribution in [-0.4, -0.2) is 56.6 Å². The van der Waals surface area contributed by atoms with Crippen LogP contribution in [0.25, 0.3) is 5.69 Å². The summed E-state index contributed by atoms with van der Waals surface area (Å²) in [5.74, 6) is 1.56. The van der Waals surface area contributed by atoms with Crippen LogP contribution in [-0.2, 0) is 11.2 Å². The van der Waals surface area contributed by atoms with Crippen molar-refractivity contribution in [2.75, 3.05) is 25.0 Å². The number of anilines is 1. The average Bonchev–Trinajstić information content (AvgIpc) is 3.31. The fourth-order valence-electron chi connectivity index (χ4n) is 4.85. The number of carbonyl (C=O) groups excluding carboxylic acids is 2. The van der Waals surface area contributed by atoms with Crippen LogP contribution in [0.2, 0.25) is 0 Å². The standard InChI is InChI=1S/C25H28N6O2/c1-15-12-16(2)31(28-15)20-9-7-18(8-10-20)25(33)30-11-5-6-19(14-30)23-26-17(3)21-13-22(32)29(4)24(21)27-23/h7-10,12,19H,5-6,11,13-14H2,1-4H3. The van der Waals surface area contributed by atoms with Crippen LogP contribution in [0.5, 0.6) is 0 Å². The molecule has 0 spiro atoms. The van der Waals surface area contributed by atoms with Gasteiger partial charge in [0, 0.05) is 48.6 Å². The Bertz CT molecular complexity index is 1250. The average molecular weight is 445 g/mol. The second kappa shape index (κ2) is 8.10. The van der Waals surface area contributed by atoms with Crippen LogP contribution in [0, 0.1) is 20.8 Å². The summed E-state index contributed by atoms with van der Waals surface area (Å²) in [4.78, 5) is 38.3. The predicted octanol–water partition coefficient (Wildman–Crippen LogP) is 3.13. The van der Waals surface area contributed by atoms with Crippen molar-refractivity contribution in [1.29, 1.82) is 0 Å². The van der Waals surface area contributed by atoms with Crippen LogP contribution in [0.15, 0.2) is 30.3 Å². The molecule has 8 heteroatoms. The molecule has 2 amide bonds. The van der Waals surface area contributed by atoms with Crippen molar-refractivity contribution in [3.8, 4) is 5.69 Å². The van der Waals surface area contributed by atoms with E-state index >= 15 is 0 Å². The van der Waals surface area contributed by atoms with E-state index < -0.39 is 0 Å². The Hall–Kier alpha value is -3.55. The largest absolute Gasteiger partial charge is 0.338 e. The molecule has 0 radical (unpaired) electrons. The lowest BCUT2D eigenvalue weighted by molar-refractivity contribution is -0.117. The lowest BCUT2D eigenvalue weighted by Crippen LogP contribution is -2.39. The first kappa shape index (κ1) is 21.3. The lowest BCUT2D eigenvalue weighted by atomic mass is 9.96. The minimum atomic E-state index is 0.0183. The number of hydrogen-bond acceptors (Lipinski definition) is 5. The number of aryl methyl sites for hydroxylation is 3. The van der Waals surface area contributed by atoms with Gasteiger partial charge < -0.3 is 4.90 Å². The summed E-state index contributed by atoms with van der Waals surface area (Å²) in [6.45, 7) is 7.22. The first-order valence-electron chi connectivity index (χ1n) is 11.4. The normalized spacial score (nSPS) is 18.1. The van der Waals surface area contributed by atoms with Crippen molar-refractivity contribution < 1.29 is 9.59 Å². The molecule has 2 aliphatic rings. The molecule has 3 aromatic rings. The first-order valence-corrected chi connectivity index (χ1v) is 11.4. The van der Waals surface area contributed by atoms with Gasteiger partial charge in [0.05, 0.1) is 17.8 Å². The number of nitrogens with zero attached hydrogens (tertiary/aromatic N) is 6. The van der Waals surface area contributed by atoms with Gasteiger partial charge >= 0.3 is 0 Å². The van der Waals surface area contributed by atoms with E-state index in [1.54, 1.807) is 11.9 Å². The molecule has 0 N–H and O–H groups in total. The Labute approximate surface area is 193 Å². The SMILES string of the molecule is Cc1cc(C)n(-c2ccc(C(=O)N3CCCC(c4nc(C)c5c(n4)N(C)C(=O)C5)C3)cc2)n1. The third kappa shape index (κ3) is 3.79. The Kier molecular flexibility index (Phi) is 5.23. The number of piperidine rings is 1. The Morgan fingerprint density at radius 1 is 1.09 bits per heavy atom. The predicted molar refractivity (Wildman–Crippen MR) is 125 cm³/mol. The first-order chi connectivity index (χ1) is 15.8. The van der Waals surface area contributed by atoms with Crippen molar-refractivity contribution in [3.05, 3.63) is 64.4 Å². The van der Waals surface area contributed by atoms with Crippen LogP contribution in [0.3, 0.4) is 0 Å². The van der Waals surface area contributed by atoms with Gasteiger partial charge in [-0.05, 0) is 63.9 Å². The number of benzene rings is 1. The molecule has 33 heavy (non-hydrogen) atoms. The van der Waals surface area contributed by atoms with Crippen molar-refractivity contribution in [2.45, 2.75) is 46.0 Å². The molecule has 170 valence electrons. The van der Waals surface area contributed by atoms with E-state index in [9.17, 15) is 9.59 Å². The maximum atomic E-state index is 13.3. The number of aromatic nitrogens is 4. The van der Waals surface area contributed by atoms with Crippen LogP contribution in [0.4, 0.5) is 5.82 Å². The van der Waals surface area contributed by atoms with E-state index in [1.165, 1.54) is 0 Å². The zero-order valence-electron chi connectivity index (χ0n) is 19.5. The zero-order chi connectivity index (χ0) is 23.3. The van der Waals surface area contributed by atoms with Gasteiger partial charge in [-0.3, -0.25) is 14.5 Å². The summed E-state index contributed by atoms with van der Waals surface area (Å²) >= 11 is 0. The van der Waals surface area contributed by atoms with E-state index in [-0.39, 0.29) is 17.7 Å². The molecule has 1 saturated heterocycles. The number of hydrogen-bond donors (Lipinski definition) is 0. The van der Waals surface area contributed by atoms with Crippen LogP contribution < -0.4 is 4.90 Å². The molecule has 2 aliphatic heterocycles. The summed E-state index contributed by atoms with van der Waals surface area (Å²) < 4.78 is 1.88. The number of likely N-dealkylation sites (N-methyl/N-ethyl adjacent to an activating group) is 1. The van der Waals surface area contributed by atoms with Gasteiger partial charge in [0.1, 0.15) is 11.6 Å². The number of carbonyl (C=O) groups is 2. The smallest absolute Gasteiger partial charge is 0.253 e. The Morgan fingerprint density at radius 2 is 1.85 bits per heavy atom. The highest BCUT2D eigenvalue weighted by molar-refractivity contribution is 6.00. The molecule has 8 nitrogen and oxygen atoms in total. The maximum absolute atomic E-state index is 13.3. The summed E-state index contributed by atoms with van der Waals surface area (Å²) in [5.41, 5.74) is 5.40. The fraction of sp³-hybridized carbons (Fsp3) is 0.400. The molecule has 5 rings (SSSR count). The topological polar surface area (TPSA) is 84.2 Å². The van der Waals surface area contributed by atoms with E-state index in [0.717, 1.165) is 53.5 Å². The molecule has 0 bridgehead atoms. The van der Waals surface area contributed by atoms with Gasteiger partial charge in [0.15, 0.2) is 0 Å². The molecule has 1 atom stereocenters. The zero-order valence-corrected chi connectivity index (χ0v) is 19.5. The highest BCUT2D eigenvalue weighted by Crippen LogP contribution is 2.32. The fourth-order valence-corrected chi connectivity index (χ4v) is 4.85. The summed E-state index contributed by atoms with van der Waals surface area (Å²) in [5, 5.41) is 4.51. The van der Waals surface area contributed by atoms with E-state index in [0.29, 0.717) is 24.3 Å². The summed E-state index contributed by atoms with van der Waals surface area (Å²) in [6.07, 6.45) is 2.19. The van der Waals surface area contributed by atoms with E-state index in [1.807, 2.05) is 60.7 Å². The van der Waals surface area contributed by atoms with Gasteiger partial charge in [-0.2, -0.15) is 5.10 Å². The molecule has 1 fully saturated rings. The molecule has 4 heterocycles. The minimum absolute atomic E-state index is 0.0183. The molecule has 1 aromatic carbocycles. The molecular weight excluding hydrogens is 416 g/mol. The third-order valence-corrected chi connectivity index (χ3v) is 6.67. The van der Waals surface area contributed by atoms with Crippen molar-refractivity contribution in [3.63, 3.8) is 0 Å². The highest BCUT2D eigenvalue weighted by Gasteiger charge is 2.32. The number of likely N-dealkylation sites (tertiary alicyclic amines) is 1. The van der Waals surface area contributed by atoms with Gasteiger partial charge in [-0.15, -0.1) is 0 Å². The second-order valence-electron chi connectivity index (χ2n) is 9.08. The molecule has 2 aromatic heterocycles. The number of rotatable bonds is 3. The van der Waals surface area contributed by atoms with Gasteiger partial charge in [0.25, 0.3) is 5.91 Å². The highest BCUT2D eigenvalue weighted by atomic mass is 16.2. The van der Waals surface area contributed by atoms with E-state index in [2.05, 4.69) is 5.10 Å². The monoisotopic (exact) mass is 444 g/mol. The molecular formula is C25H28N6O2. The van der Waals surface area contributed by atoms with Crippen LogP contribution >= 0.6 is 0 Å². The number of fused-ring (bicyclic) bond motifs is 1. The van der Waals surface area contributed by atoms with Gasteiger partial charge in [0.2, 0.25) is 5.91 Å². The summed E-state index contributed by atoms with van der Waals surface area (Å²) in [6, 6.07) is 9.65. The number of amides is 2. The summed E-state index contributed by atoms with van der Waals surface area (Å²) in [7, 11) is 1.76. The van der Waals surface area contributed by atoms with Gasteiger partial charge in [-0.25, -0.2) is 14.6 Å². The maximum Gasteiger partial charge on any atom is 0.253 e. The van der Waals surface area contributed by atoms with E-state index in [4.69, 9.17) is 9.97 Å². The third-order valence-electron chi connectivity index (χ3n) is 6.67. The quantitative estimate of drug-likeness (QED) is 0.620. The Balaban J connectivity index is 1.34. The molecule has 0 saturated carbocycles. The minimum Gasteiger partial charge on any atom is -0.338 e. The van der Waals surface area contributed by atoms with Crippen molar-refractivity contribution in [1.82, 2.24) is 24.6 Å². The lowest BCUT2D eigenvalue weighted by Gasteiger charge is -2.32. The Morgan fingerprint density at radius 3 is 2.55 bits per heavy atom. The van der Waals surface area contributed by atoms with Gasteiger partial charge in [-0.1, -0.05) is 0 Å². The second-order valence-corrected chi connectivity index (χ2v) is 9.08. The molecule has 0 aliphatic carbocycles. The molecule has 1 unspecified atom stereocenters. The van der Waals surface area contributed by atoms with Crippen LogP contribution in [0.1, 0.15) is 57.6 Å². The van der Waals surface area contributed by atoms with Crippen molar-refractivity contribution in [2.24, 2.45) is 0 Å². The van der Waals surface area contributed by atoms with Crippen molar-refractivity contribution >= 4 is 17.6 Å².